The number of carbonyl (C=O) groups is 1. The summed E-state index contributed by atoms with van der Waals surface area (Å²) in [7, 11) is 0. The maximum atomic E-state index is 12.7. The first kappa shape index (κ1) is 16.9. The number of nitrogens with zero attached hydrogens (tertiary/aromatic N) is 4. The fourth-order valence-corrected chi connectivity index (χ4v) is 2.81. The van der Waals surface area contributed by atoms with Crippen LogP contribution in [0.15, 0.2) is 18.6 Å². The van der Waals surface area contributed by atoms with Crippen LogP contribution in [0.5, 0.6) is 0 Å². The van der Waals surface area contributed by atoms with Crippen LogP contribution >= 0.6 is 23.2 Å². The van der Waals surface area contributed by atoms with Crippen LogP contribution in [0.1, 0.15) is 16.2 Å². The van der Waals surface area contributed by atoms with Crippen LogP contribution in [0.2, 0.25) is 10.0 Å². The molecule has 1 aliphatic heterocycles. The van der Waals surface area contributed by atoms with Gasteiger partial charge in [0, 0.05) is 31.7 Å². The molecule has 3 heterocycles. The predicted molar refractivity (Wildman–Crippen MR) is 92.0 cm³/mol. The average Bonchev–Trinajstić information content (AvgIpc) is 2.59. The Morgan fingerprint density at radius 2 is 1.88 bits per heavy atom. The lowest BCUT2D eigenvalue weighted by Crippen LogP contribution is -2.38. The molecule has 1 amide bonds. The van der Waals surface area contributed by atoms with E-state index >= 15 is 0 Å². The Kier molecular flexibility index (Phi) is 5.13. The standard InChI is InChI=1S/C15H15Cl2N5O2/c1-9-19-6-10(14(20-9)22-2-4-24-5-3-22)15(23)21-13-11(16)7-18-8-12(13)17/h6-8H,2-5H2,1H3,(H,18,21,23). The molecule has 0 aliphatic carbocycles. The highest BCUT2D eigenvalue weighted by Crippen LogP contribution is 2.30. The molecule has 0 bridgehead atoms. The van der Waals surface area contributed by atoms with Crippen LogP contribution in [0.25, 0.3) is 0 Å². The van der Waals surface area contributed by atoms with E-state index < -0.39 is 0 Å². The predicted octanol–water partition coefficient (Wildman–Crippen LogP) is 2.58. The summed E-state index contributed by atoms with van der Waals surface area (Å²) in [4.78, 5) is 27.1. The number of anilines is 2. The molecule has 2 aromatic rings. The third-order valence-corrected chi connectivity index (χ3v) is 4.11. The van der Waals surface area contributed by atoms with Crippen molar-refractivity contribution in [3.8, 4) is 0 Å². The van der Waals surface area contributed by atoms with E-state index in [0.29, 0.717) is 49.2 Å². The van der Waals surface area contributed by atoms with Crippen LogP contribution in [0.3, 0.4) is 0 Å². The molecular weight excluding hydrogens is 353 g/mol. The highest BCUT2D eigenvalue weighted by Gasteiger charge is 2.22. The van der Waals surface area contributed by atoms with Crippen molar-refractivity contribution in [1.82, 2.24) is 15.0 Å². The van der Waals surface area contributed by atoms with Crippen molar-refractivity contribution in [3.05, 3.63) is 40.0 Å². The van der Waals surface area contributed by atoms with Crippen molar-refractivity contribution in [3.63, 3.8) is 0 Å². The van der Waals surface area contributed by atoms with Crippen LogP contribution in [-0.4, -0.2) is 47.2 Å². The smallest absolute Gasteiger partial charge is 0.261 e. The number of rotatable bonds is 3. The Bertz CT molecular complexity index is 745. The van der Waals surface area contributed by atoms with E-state index in [2.05, 4.69) is 20.3 Å². The van der Waals surface area contributed by atoms with Crippen LogP contribution < -0.4 is 10.2 Å². The van der Waals surface area contributed by atoms with E-state index in [1.54, 1.807) is 6.92 Å². The quantitative estimate of drug-likeness (QED) is 0.897. The molecule has 0 saturated carbocycles. The summed E-state index contributed by atoms with van der Waals surface area (Å²) in [6.45, 7) is 4.28. The summed E-state index contributed by atoms with van der Waals surface area (Å²) >= 11 is 12.1. The monoisotopic (exact) mass is 367 g/mol. The molecule has 0 radical (unpaired) electrons. The van der Waals surface area contributed by atoms with Gasteiger partial charge in [0.2, 0.25) is 0 Å². The summed E-state index contributed by atoms with van der Waals surface area (Å²) < 4.78 is 5.35. The Labute approximate surface area is 149 Å². The van der Waals surface area contributed by atoms with Gasteiger partial charge in [-0.05, 0) is 6.92 Å². The minimum atomic E-state index is -0.383. The number of halogens is 2. The lowest BCUT2D eigenvalue weighted by Gasteiger charge is -2.29. The first-order valence-corrected chi connectivity index (χ1v) is 8.08. The van der Waals surface area contributed by atoms with Gasteiger partial charge in [-0.15, -0.1) is 0 Å². The van der Waals surface area contributed by atoms with Crippen molar-refractivity contribution >= 4 is 40.6 Å². The van der Waals surface area contributed by atoms with Gasteiger partial charge in [0.1, 0.15) is 17.2 Å². The van der Waals surface area contributed by atoms with Gasteiger partial charge in [-0.25, -0.2) is 9.97 Å². The number of hydrogen-bond acceptors (Lipinski definition) is 6. The van der Waals surface area contributed by atoms with Crippen molar-refractivity contribution in [1.29, 1.82) is 0 Å². The number of aromatic nitrogens is 3. The molecule has 1 saturated heterocycles. The number of aryl methyl sites for hydroxylation is 1. The van der Waals surface area contributed by atoms with Crippen LogP contribution in [-0.2, 0) is 4.74 Å². The second-order valence-corrected chi connectivity index (χ2v) is 6.00. The van der Waals surface area contributed by atoms with Gasteiger partial charge in [-0.3, -0.25) is 9.78 Å². The topological polar surface area (TPSA) is 80.2 Å². The highest BCUT2D eigenvalue weighted by molar-refractivity contribution is 6.39. The molecule has 1 fully saturated rings. The largest absolute Gasteiger partial charge is 0.378 e. The second kappa shape index (κ2) is 7.29. The number of nitrogens with one attached hydrogen (secondary N) is 1. The molecule has 0 spiro atoms. The summed E-state index contributed by atoms with van der Waals surface area (Å²) in [6, 6.07) is 0. The van der Waals surface area contributed by atoms with Crippen molar-refractivity contribution in [2.24, 2.45) is 0 Å². The minimum absolute atomic E-state index is 0.261. The highest BCUT2D eigenvalue weighted by atomic mass is 35.5. The maximum Gasteiger partial charge on any atom is 0.261 e. The molecule has 126 valence electrons. The van der Waals surface area contributed by atoms with Gasteiger partial charge in [-0.2, -0.15) is 0 Å². The van der Waals surface area contributed by atoms with Gasteiger partial charge in [0.05, 0.1) is 28.9 Å². The zero-order valence-electron chi connectivity index (χ0n) is 12.9. The third kappa shape index (κ3) is 3.58. The molecule has 0 aromatic carbocycles. The minimum Gasteiger partial charge on any atom is -0.378 e. The van der Waals surface area contributed by atoms with E-state index in [9.17, 15) is 4.79 Å². The zero-order chi connectivity index (χ0) is 17.1. The Hall–Kier alpha value is -1.96. The molecule has 1 aliphatic rings. The zero-order valence-corrected chi connectivity index (χ0v) is 14.4. The molecule has 24 heavy (non-hydrogen) atoms. The number of amides is 1. The van der Waals surface area contributed by atoms with Crippen molar-refractivity contribution in [2.75, 3.05) is 36.5 Å². The Morgan fingerprint density at radius 1 is 1.21 bits per heavy atom. The number of carbonyl (C=O) groups excluding carboxylic acids is 1. The summed E-state index contributed by atoms with van der Waals surface area (Å²) in [5, 5.41) is 3.23. The van der Waals surface area contributed by atoms with Gasteiger partial charge in [0.25, 0.3) is 5.91 Å². The normalized spacial score (nSPS) is 14.5. The molecule has 2 aromatic heterocycles. The Morgan fingerprint density at radius 3 is 2.54 bits per heavy atom. The number of ether oxygens (including phenoxy) is 1. The van der Waals surface area contributed by atoms with E-state index in [-0.39, 0.29) is 16.0 Å². The lowest BCUT2D eigenvalue weighted by atomic mass is 10.2. The number of hydrogen-bond donors (Lipinski definition) is 1. The fourth-order valence-electron chi connectivity index (χ4n) is 2.35. The van der Waals surface area contributed by atoms with E-state index in [4.69, 9.17) is 27.9 Å². The average molecular weight is 368 g/mol. The molecular formula is C15H15Cl2N5O2. The number of morpholine rings is 1. The fraction of sp³-hybridized carbons (Fsp3) is 0.333. The lowest BCUT2D eigenvalue weighted by molar-refractivity contribution is 0.102. The molecule has 1 N–H and O–H groups in total. The van der Waals surface area contributed by atoms with Gasteiger partial charge >= 0.3 is 0 Å². The van der Waals surface area contributed by atoms with E-state index in [0.717, 1.165) is 0 Å². The van der Waals surface area contributed by atoms with Crippen LogP contribution in [0.4, 0.5) is 11.5 Å². The van der Waals surface area contributed by atoms with E-state index in [1.165, 1.54) is 18.6 Å². The van der Waals surface area contributed by atoms with Gasteiger partial charge in [-0.1, -0.05) is 23.2 Å². The molecule has 3 rings (SSSR count). The van der Waals surface area contributed by atoms with Crippen LogP contribution in [0, 0.1) is 6.92 Å². The first-order chi connectivity index (χ1) is 11.6. The summed E-state index contributed by atoms with van der Waals surface area (Å²) in [5.41, 5.74) is 0.665. The van der Waals surface area contributed by atoms with Crippen molar-refractivity contribution < 1.29 is 9.53 Å². The van der Waals surface area contributed by atoms with Gasteiger partial charge in [0.15, 0.2) is 0 Å². The van der Waals surface area contributed by atoms with Crippen molar-refractivity contribution in [2.45, 2.75) is 6.92 Å². The molecule has 0 unspecified atom stereocenters. The van der Waals surface area contributed by atoms with Gasteiger partial charge < -0.3 is 15.0 Å². The maximum absolute atomic E-state index is 12.7. The SMILES string of the molecule is Cc1ncc(C(=O)Nc2c(Cl)cncc2Cl)c(N2CCOCC2)n1. The Balaban J connectivity index is 1.92. The molecule has 0 atom stereocenters. The molecule has 7 nitrogen and oxygen atoms in total. The van der Waals surface area contributed by atoms with E-state index in [1.807, 2.05) is 4.90 Å². The summed E-state index contributed by atoms with van der Waals surface area (Å²) in [5.74, 6) is 0.782. The third-order valence-electron chi connectivity index (χ3n) is 3.54. The number of pyridine rings is 1. The molecule has 9 heteroatoms. The summed E-state index contributed by atoms with van der Waals surface area (Å²) in [6.07, 6.45) is 4.33. The first-order valence-electron chi connectivity index (χ1n) is 7.33. The second-order valence-electron chi connectivity index (χ2n) is 5.19.